The number of aliphatic hydroxyl groups is 1. The van der Waals surface area contributed by atoms with Crippen molar-refractivity contribution in [2.75, 3.05) is 25.4 Å². The van der Waals surface area contributed by atoms with Crippen LogP contribution in [0.1, 0.15) is 0 Å². The van der Waals surface area contributed by atoms with Gasteiger partial charge in [-0.25, -0.2) is 13.6 Å². The molecule has 0 saturated heterocycles. The summed E-state index contributed by atoms with van der Waals surface area (Å²) in [5.74, 6) is 0.281. The van der Waals surface area contributed by atoms with Crippen LogP contribution in [0.25, 0.3) is 21.8 Å². The Morgan fingerprint density at radius 1 is 1.15 bits per heavy atom. The molecule has 26 heavy (non-hydrogen) atoms. The minimum Gasteiger partial charge on any atom is -0.492 e. The number of aromatic amines is 1. The van der Waals surface area contributed by atoms with Gasteiger partial charge in [-0.3, -0.25) is 0 Å². The average Bonchev–Trinajstić information content (AvgIpc) is 2.90. The number of para-hydroxylation sites is 1. The van der Waals surface area contributed by atoms with E-state index in [4.69, 9.17) is 9.88 Å². The van der Waals surface area contributed by atoms with Crippen molar-refractivity contribution in [2.45, 2.75) is 6.10 Å². The number of H-pyrrole nitrogens is 1. The lowest BCUT2D eigenvalue weighted by Gasteiger charge is -2.11. The number of ether oxygens (including phenoxy) is 1. The molecule has 1 heterocycles. The molecule has 3 aromatic rings. The van der Waals surface area contributed by atoms with Crippen LogP contribution in [0.3, 0.4) is 0 Å². The van der Waals surface area contributed by atoms with Crippen molar-refractivity contribution >= 4 is 44.2 Å². The third-order valence-corrected chi connectivity index (χ3v) is 4.68. The summed E-state index contributed by atoms with van der Waals surface area (Å²) in [7, 11) is -3.67. The lowest BCUT2D eigenvalue weighted by Crippen LogP contribution is -2.36. The van der Waals surface area contributed by atoms with E-state index in [1.807, 2.05) is 36.4 Å². The maximum absolute atomic E-state index is 10.8. The summed E-state index contributed by atoms with van der Waals surface area (Å²) >= 11 is 0. The molecular weight excluding hydrogens is 378 g/mol. The van der Waals surface area contributed by atoms with Crippen molar-refractivity contribution < 1.29 is 18.3 Å². The first-order chi connectivity index (χ1) is 11.9. The predicted octanol–water partition coefficient (Wildman–Crippen LogP) is 1.36. The summed E-state index contributed by atoms with van der Waals surface area (Å²) < 4.78 is 27.4. The topological polar surface area (TPSA) is 117 Å². The van der Waals surface area contributed by atoms with Crippen LogP contribution in [0.4, 0.5) is 0 Å². The number of halogens is 1. The molecule has 0 aliphatic heterocycles. The van der Waals surface area contributed by atoms with Gasteiger partial charge >= 0.3 is 0 Å². The normalized spacial score (nSPS) is 12.8. The van der Waals surface area contributed by atoms with Gasteiger partial charge < -0.3 is 20.1 Å². The second-order valence-electron chi connectivity index (χ2n) is 5.91. The van der Waals surface area contributed by atoms with Crippen molar-refractivity contribution in [1.29, 1.82) is 0 Å². The second kappa shape index (κ2) is 8.70. The van der Waals surface area contributed by atoms with E-state index >= 15 is 0 Å². The molecule has 0 bridgehead atoms. The molecule has 7 nitrogen and oxygen atoms in total. The molecule has 5 N–H and O–H groups in total. The Labute approximate surface area is 158 Å². The van der Waals surface area contributed by atoms with Gasteiger partial charge in [0.2, 0.25) is 10.0 Å². The molecule has 3 rings (SSSR count). The Morgan fingerprint density at radius 2 is 1.88 bits per heavy atom. The van der Waals surface area contributed by atoms with Crippen molar-refractivity contribution in [1.82, 2.24) is 10.3 Å². The van der Waals surface area contributed by atoms with Gasteiger partial charge in [0, 0.05) is 35.4 Å². The number of nitrogens with one attached hydrogen (secondary N) is 2. The molecule has 1 unspecified atom stereocenters. The number of rotatable bonds is 8. The number of benzene rings is 2. The zero-order chi connectivity index (χ0) is 17.9. The van der Waals surface area contributed by atoms with Gasteiger partial charge in [0.05, 0.1) is 17.4 Å². The molecule has 0 amide bonds. The van der Waals surface area contributed by atoms with Gasteiger partial charge in [-0.2, -0.15) is 0 Å². The minimum absolute atomic E-state index is 0. The SMILES string of the molecule is Cl.NS(=O)(=O)CC(O)CNCCOc1ccc2c(c1)[nH]c1ccccc12. The quantitative estimate of drug-likeness (QED) is 0.426. The van der Waals surface area contributed by atoms with Crippen molar-refractivity contribution in [3.63, 3.8) is 0 Å². The van der Waals surface area contributed by atoms with Crippen LogP contribution in [0, 0.1) is 0 Å². The summed E-state index contributed by atoms with van der Waals surface area (Å²) in [6.07, 6.45) is -1.03. The molecule has 0 radical (unpaired) electrons. The summed E-state index contributed by atoms with van der Waals surface area (Å²) in [4.78, 5) is 3.36. The number of hydrogen-bond donors (Lipinski definition) is 4. The summed E-state index contributed by atoms with van der Waals surface area (Å²) in [5.41, 5.74) is 2.09. The number of nitrogens with two attached hydrogens (primary N) is 1. The molecule has 1 aromatic heterocycles. The van der Waals surface area contributed by atoms with Crippen LogP contribution in [-0.4, -0.2) is 50.1 Å². The number of hydrogen-bond acceptors (Lipinski definition) is 5. The third kappa shape index (κ3) is 5.33. The standard InChI is InChI=1S/C17H21N3O4S.ClH/c18-25(22,23)11-12(21)10-19-7-8-24-13-5-6-15-14-3-1-2-4-16(14)20-17(15)9-13;/h1-6,9,12,19-21H,7-8,10-11H2,(H2,18,22,23);1H. The highest BCUT2D eigenvalue weighted by molar-refractivity contribution is 7.89. The molecule has 2 aromatic carbocycles. The lowest BCUT2D eigenvalue weighted by atomic mass is 10.1. The van der Waals surface area contributed by atoms with Crippen molar-refractivity contribution in [3.05, 3.63) is 42.5 Å². The molecule has 0 fully saturated rings. The van der Waals surface area contributed by atoms with Crippen LogP contribution in [0.5, 0.6) is 5.75 Å². The third-order valence-electron chi connectivity index (χ3n) is 3.83. The van der Waals surface area contributed by atoms with Crippen LogP contribution >= 0.6 is 12.4 Å². The van der Waals surface area contributed by atoms with Gasteiger partial charge in [0.25, 0.3) is 0 Å². The highest BCUT2D eigenvalue weighted by Crippen LogP contribution is 2.27. The van der Waals surface area contributed by atoms with E-state index in [1.165, 1.54) is 5.39 Å². The molecule has 9 heteroatoms. The number of sulfonamides is 1. The van der Waals surface area contributed by atoms with Gasteiger partial charge in [-0.1, -0.05) is 18.2 Å². The smallest absolute Gasteiger partial charge is 0.211 e. The Morgan fingerprint density at radius 3 is 2.65 bits per heavy atom. The average molecular weight is 400 g/mol. The van der Waals surface area contributed by atoms with E-state index in [0.717, 1.165) is 22.2 Å². The number of fused-ring (bicyclic) bond motifs is 3. The Bertz CT molecular complexity index is 974. The zero-order valence-electron chi connectivity index (χ0n) is 14.0. The maximum atomic E-state index is 10.8. The van der Waals surface area contributed by atoms with Crippen molar-refractivity contribution in [3.8, 4) is 5.75 Å². The van der Waals surface area contributed by atoms with Gasteiger partial charge in [0.1, 0.15) is 12.4 Å². The molecule has 0 spiro atoms. The van der Waals surface area contributed by atoms with Crippen LogP contribution < -0.4 is 15.2 Å². The number of primary sulfonamides is 1. The highest BCUT2D eigenvalue weighted by atomic mass is 35.5. The lowest BCUT2D eigenvalue weighted by molar-refractivity contribution is 0.190. The van der Waals surface area contributed by atoms with Crippen LogP contribution in [-0.2, 0) is 10.0 Å². The summed E-state index contributed by atoms with van der Waals surface area (Å²) in [6.45, 7) is 1.01. The Balaban J connectivity index is 0.00000243. The molecule has 0 aliphatic rings. The Kier molecular flexibility index (Phi) is 6.85. The highest BCUT2D eigenvalue weighted by Gasteiger charge is 2.12. The zero-order valence-corrected chi connectivity index (χ0v) is 15.6. The molecular formula is C17H22ClN3O4S. The number of aliphatic hydroxyl groups excluding tert-OH is 1. The van der Waals surface area contributed by atoms with E-state index in [9.17, 15) is 13.5 Å². The first kappa shape index (κ1) is 20.5. The monoisotopic (exact) mass is 399 g/mol. The van der Waals surface area contributed by atoms with E-state index in [1.54, 1.807) is 0 Å². The fourth-order valence-corrected chi connectivity index (χ4v) is 3.41. The predicted molar refractivity (Wildman–Crippen MR) is 105 cm³/mol. The van der Waals surface area contributed by atoms with E-state index in [2.05, 4.69) is 16.4 Å². The fourth-order valence-electron chi connectivity index (χ4n) is 2.76. The van der Waals surface area contributed by atoms with E-state index in [0.29, 0.717) is 13.2 Å². The summed E-state index contributed by atoms with van der Waals surface area (Å²) in [6, 6.07) is 14.0. The molecule has 142 valence electrons. The molecule has 0 saturated carbocycles. The second-order valence-corrected chi connectivity index (χ2v) is 7.57. The fraction of sp³-hybridized carbons (Fsp3) is 0.294. The Hall–Kier alpha value is -1.84. The molecule has 1 atom stereocenters. The van der Waals surface area contributed by atoms with Crippen LogP contribution in [0.15, 0.2) is 42.5 Å². The molecule has 0 aliphatic carbocycles. The first-order valence-electron chi connectivity index (χ1n) is 7.95. The minimum atomic E-state index is -3.67. The van der Waals surface area contributed by atoms with Gasteiger partial charge in [-0.15, -0.1) is 12.4 Å². The van der Waals surface area contributed by atoms with Crippen molar-refractivity contribution in [2.24, 2.45) is 5.14 Å². The maximum Gasteiger partial charge on any atom is 0.211 e. The number of aromatic nitrogens is 1. The first-order valence-corrected chi connectivity index (χ1v) is 9.66. The summed E-state index contributed by atoms with van der Waals surface area (Å²) in [5, 5.41) is 19.6. The van der Waals surface area contributed by atoms with E-state index < -0.39 is 21.9 Å². The largest absolute Gasteiger partial charge is 0.492 e. The van der Waals surface area contributed by atoms with Gasteiger partial charge in [0.15, 0.2) is 0 Å². The van der Waals surface area contributed by atoms with E-state index in [-0.39, 0.29) is 19.0 Å². The van der Waals surface area contributed by atoms with Crippen LogP contribution in [0.2, 0.25) is 0 Å². The van der Waals surface area contributed by atoms with Gasteiger partial charge in [-0.05, 0) is 18.2 Å².